The van der Waals surface area contributed by atoms with E-state index in [9.17, 15) is 9.18 Å². The maximum atomic E-state index is 13.5. The van der Waals surface area contributed by atoms with Crippen LogP contribution in [0.1, 0.15) is 24.7 Å². The molecule has 2 aromatic carbocycles. The first-order valence-electron chi connectivity index (χ1n) is 8.71. The zero-order valence-corrected chi connectivity index (χ0v) is 14.2. The van der Waals surface area contributed by atoms with Crippen molar-refractivity contribution in [3.8, 4) is 5.75 Å². The van der Waals surface area contributed by atoms with Crippen LogP contribution >= 0.6 is 0 Å². The predicted octanol–water partition coefficient (Wildman–Crippen LogP) is 3.75. The summed E-state index contributed by atoms with van der Waals surface area (Å²) in [6.45, 7) is 1.07. The molecule has 0 atom stereocenters. The maximum Gasteiger partial charge on any atom is 0.260 e. The SMILES string of the molecule is O=C(COc1ccccc1F)N1CCC(c2nc3ccccc3o2)CC1. The van der Waals surface area contributed by atoms with Gasteiger partial charge in [-0.2, -0.15) is 0 Å². The van der Waals surface area contributed by atoms with Gasteiger partial charge in [-0.3, -0.25) is 4.79 Å². The van der Waals surface area contributed by atoms with E-state index in [1.165, 1.54) is 12.1 Å². The summed E-state index contributed by atoms with van der Waals surface area (Å²) in [6, 6.07) is 13.8. The van der Waals surface area contributed by atoms with Gasteiger partial charge in [0, 0.05) is 19.0 Å². The Morgan fingerprint density at radius 3 is 2.65 bits per heavy atom. The van der Waals surface area contributed by atoms with E-state index in [0.29, 0.717) is 13.1 Å². The van der Waals surface area contributed by atoms with Crippen molar-refractivity contribution in [2.75, 3.05) is 19.7 Å². The Bertz CT molecular complexity index is 883. The van der Waals surface area contributed by atoms with Crippen LogP contribution in [0, 0.1) is 5.82 Å². The van der Waals surface area contributed by atoms with Crippen molar-refractivity contribution < 1.29 is 18.3 Å². The number of piperidine rings is 1. The largest absolute Gasteiger partial charge is 0.481 e. The van der Waals surface area contributed by atoms with E-state index >= 15 is 0 Å². The van der Waals surface area contributed by atoms with Crippen LogP contribution in [-0.2, 0) is 4.79 Å². The number of aromatic nitrogens is 1. The van der Waals surface area contributed by atoms with E-state index in [1.807, 2.05) is 24.3 Å². The molecule has 1 amide bonds. The zero-order valence-electron chi connectivity index (χ0n) is 14.2. The Morgan fingerprint density at radius 2 is 1.88 bits per heavy atom. The number of nitrogens with zero attached hydrogens (tertiary/aromatic N) is 2. The molecule has 0 saturated carbocycles. The highest BCUT2D eigenvalue weighted by molar-refractivity contribution is 5.78. The lowest BCUT2D eigenvalue weighted by Crippen LogP contribution is -2.40. The molecule has 6 heteroatoms. The van der Waals surface area contributed by atoms with Gasteiger partial charge in [0.05, 0.1) is 0 Å². The fourth-order valence-corrected chi connectivity index (χ4v) is 3.23. The molecule has 5 nitrogen and oxygen atoms in total. The summed E-state index contributed by atoms with van der Waals surface area (Å²) in [7, 11) is 0. The van der Waals surface area contributed by atoms with Crippen molar-refractivity contribution in [1.82, 2.24) is 9.88 Å². The summed E-state index contributed by atoms with van der Waals surface area (Å²) >= 11 is 0. The molecule has 26 heavy (non-hydrogen) atoms. The molecule has 1 saturated heterocycles. The van der Waals surface area contributed by atoms with Crippen LogP contribution in [0.25, 0.3) is 11.1 Å². The standard InChI is InChI=1S/C20H19FN2O3/c21-15-5-1-3-7-17(15)25-13-19(24)23-11-9-14(10-12-23)20-22-16-6-2-4-8-18(16)26-20/h1-8,14H,9-13H2. The minimum absolute atomic E-state index is 0.0993. The van der Waals surface area contributed by atoms with Crippen LogP contribution in [-0.4, -0.2) is 35.5 Å². The summed E-state index contributed by atoms with van der Waals surface area (Å²) in [4.78, 5) is 18.6. The number of rotatable bonds is 4. The molecule has 1 aromatic heterocycles. The fourth-order valence-electron chi connectivity index (χ4n) is 3.23. The molecule has 2 heterocycles. The molecule has 1 aliphatic rings. The topological polar surface area (TPSA) is 55.6 Å². The van der Waals surface area contributed by atoms with E-state index < -0.39 is 5.82 Å². The first-order chi connectivity index (χ1) is 12.7. The summed E-state index contributed by atoms with van der Waals surface area (Å²) in [6.07, 6.45) is 1.58. The van der Waals surface area contributed by atoms with Gasteiger partial charge < -0.3 is 14.1 Å². The molecule has 1 fully saturated rings. The Morgan fingerprint density at radius 1 is 1.15 bits per heavy atom. The second-order valence-corrected chi connectivity index (χ2v) is 6.39. The normalized spacial score (nSPS) is 15.3. The van der Waals surface area contributed by atoms with Crippen LogP contribution in [0.5, 0.6) is 5.75 Å². The van der Waals surface area contributed by atoms with Crippen molar-refractivity contribution in [3.63, 3.8) is 0 Å². The third-order valence-corrected chi connectivity index (χ3v) is 4.70. The summed E-state index contributed by atoms with van der Waals surface area (Å²) in [5.41, 5.74) is 1.65. The van der Waals surface area contributed by atoms with Crippen molar-refractivity contribution in [3.05, 3.63) is 60.2 Å². The van der Waals surface area contributed by atoms with Gasteiger partial charge in [-0.1, -0.05) is 24.3 Å². The number of benzene rings is 2. The van der Waals surface area contributed by atoms with Crippen LogP contribution in [0.3, 0.4) is 0 Å². The minimum atomic E-state index is -0.463. The predicted molar refractivity (Wildman–Crippen MR) is 94.5 cm³/mol. The highest BCUT2D eigenvalue weighted by Crippen LogP contribution is 2.30. The van der Waals surface area contributed by atoms with Crippen LogP contribution in [0.15, 0.2) is 52.9 Å². The third-order valence-electron chi connectivity index (χ3n) is 4.70. The van der Waals surface area contributed by atoms with Gasteiger partial charge in [-0.25, -0.2) is 9.37 Å². The van der Waals surface area contributed by atoms with Gasteiger partial charge in [0.1, 0.15) is 5.52 Å². The first kappa shape index (κ1) is 16.6. The molecule has 0 unspecified atom stereocenters. The molecule has 134 valence electrons. The molecule has 3 aromatic rings. The van der Waals surface area contributed by atoms with E-state index in [2.05, 4.69) is 4.98 Å². The number of hydrogen-bond donors (Lipinski definition) is 0. The van der Waals surface area contributed by atoms with Crippen molar-refractivity contribution in [2.24, 2.45) is 0 Å². The van der Waals surface area contributed by atoms with Crippen LogP contribution in [0.4, 0.5) is 4.39 Å². The van der Waals surface area contributed by atoms with Crippen molar-refractivity contribution in [1.29, 1.82) is 0 Å². The van der Waals surface area contributed by atoms with Gasteiger partial charge in [-0.05, 0) is 37.1 Å². The number of para-hydroxylation sites is 3. The molecule has 1 aliphatic heterocycles. The number of fused-ring (bicyclic) bond motifs is 1. The van der Waals surface area contributed by atoms with Gasteiger partial charge >= 0.3 is 0 Å². The molecule has 0 N–H and O–H groups in total. The molecule has 0 spiro atoms. The van der Waals surface area contributed by atoms with Crippen molar-refractivity contribution >= 4 is 17.0 Å². The second kappa shape index (κ2) is 7.15. The number of likely N-dealkylation sites (tertiary alicyclic amines) is 1. The summed E-state index contributed by atoms with van der Waals surface area (Å²) in [5.74, 6) is 0.446. The Kier molecular flexibility index (Phi) is 4.56. The number of amides is 1. The third kappa shape index (κ3) is 3.40. The Balaban J connectivity index is 1.33. The lowest BCUT2D eigenvalue weighted by atomic mass is 9.97. The molecular formula is C20H19FN2O3. The monoisotopic (exact) mass is 354 g/mol. The molecule has 4 rings (SSSR count). The molecule has 0 bridgehead atoms. The molecular weight excluding hydrogens is 335 g/mol. The second-order valence-electron chi connectivity index (χ2n) is 6.39. The first-order valence-corrected chi connectivity index (χ1v) is 8.71. The Labute approximate surface area is 150 Å². The number of ether oxygens (including phenoxy) is 1. The smallest absolute Gasteiger partial charge is 0.260 e. The Hall–Kier alpha value is -2.89. The minimum Gasteiger partial charge on any atom is -0.481 e. The average Bonchev–Trinajstić information content (AvgIpc) is 3.11. The fraction of sp³-hybridized carbons (Fsp3) is 0.300. The lowest BCUT2D eigenvalue weighted by Gasteiger charge is -2.30. The van der Waals surface area contributed by atoms with Crippen molar-refractivity contribution in [2.45, 2.75) is 18.8 Å². The van der Waals surface area contributed by atoms with E-state index in [1.54, 1.807) is 17.0 Å². The van der Waals surface area contributed by atoms with E-state index in [0.717, 1.165) is 29.8 Å². The summed E-state index contributed by atoms with van der Waals surface area (Å²) in [5, 5.41) is 0. The number of oxazole rings is 1. The van der Waals surface area contributed by atoms with Gasteiger partial charge in [0.15, 0.2) is 29.6 Å². The van der Waals surface area contributed by atoms with Crippen LogP contribution < -0.4 is 4.74 Å². The van der Waals surface area contributed by atoms with E-state index in [4.69, 9.17) is 9.15 Å². The molecule has 0 aliphatic carbocycles. The zero-order chi connectivity index (χ0) is 17.9. The van der Waals surface area contributed by atoms with Gasteiger partial charge in [0.2, 0.25) is 0 Å². The highest BCUT2D eigenvalue weighted by Gasteiger charge is 2.27. The highest BCUT2D eigenvalue weighted by atomic mass is 19.1. The summed E-state index contributed by atoms with van der Waals surface area (Å²) < 4.78 is 24.7. The van der Waals surface area contributed by atoms with Crippen LogP contribution in [0.2, 0.25) is 0 Å². The number of hydrogen-bond acceptors (Lipinski definition) is 4. The van der Waals surface area contributed by atoms with Gasteiger partial charge in [0.25, 0.3) is 5.91 Å². The number of carbonyl (C=O) groups excluding carboxylic acids is 1. The molecule has 0 radical (unpaired) electrons. The quantitative estimate of drug-likeness (QED) is 0.716. The number of carbonyl (C=O) groups is 1. The average molecular weight is 354 g/mol. The lowest BCUT2D eigenvalue weighted by molar-refractivity contribution is -0.134. The van der Waals surface area contributed by atoms with Gasteiger partial charge in [-0.15, -0.1) is 0 Å². The maximum absolute atomic E-state index is 13.5. The van der Waals surface area contributed by atoms with E-state index in [-0.39, 0.29) is 24.2 Å². The number of halogens is 1.